The standard InChI is InChI=1S/C18H30N2S/c1-2-8-16(17-9-6-14-21-17)20-13-7-12-19-18(15-20)10-4-3-5-11-18/h6,9,14,16,19H,2-5,7-8,10-13,15H2,1H3. The van der Waals surface area contributed by atoms with Crippen molar-refractivity contribution in [2.45, 2.75) is 69.9 Å². The zero-order valence-corrected chi connectivity index (χ0v) is 14.3. The number of rotatable bonds is 4. The highest BCUT2D eigenvalue weighted by Gasteiger charge is 2.37. The largest absolute Gasteiger partial charge is 0.310 e. The van der Waals surface area contributed by atoms with Gasteiger partial charge in [0.15, 0.2) is 0 Å². The van der Waals surface area contributed by atoms with Crippen molar-refractivity contribution in [3.05, 3.63) is 22.4 Å². The topological polar surface area (TPSA) is 15.3 Å². The molecule has 2 aliphatic rings. The molecule has 118 valence electrons. The first kappa shape index (κ1) is 15.5. The lowest BCUT2D eigenvalue weighted by atomic mass is 9.81. The zero-order chi connectivity index (χ0) is 14.5. The van der Waals surface area contributed by atoms with Gasteiger partial charge in [-0.05, 0) is 43.7 Å². The number of nitrogens with one attached hydrogen (secondary N) is 1. The molecule has 1 atom stereocenters. The monoisotopic (exact) mass is 306 g/mol. The Morgan fingerprint density at radius 1 is 1.29 bits per heavy atom. The van der Waals surface area contributed by atoms with Crippen LogP contribution in [-0.4, -0.2) is 30.1 Å². The molecular formula is C18H30N2S. The highest BCUT2D eigenvalue weighted by Crippen LogP contribution is 2.36. The molecule has 1 aromatic heterocycles. The maximum atomic E-state index is 3.93. The Balaban J connectivity index is 1.77. The summed E-state index contributed by atoms with van der Waals surface area (Å²) in [5, 5.41) is 6.17. The molecular weight excluding hydrogens is 276 g/mol. The van der Waals surface area contributed by atoms with E-state index in [2.05, 4.69) is 34.7 Å². The molecule has 0 amide bonds. The summed E-state index contributed by atoms with van der Waals surface area (Å²) in [5.74, 6) is 0. The summed E-state index contributed by atoms with van der Waals surface area (Å²) >= 11 is 1.94. The second kappa shape index (κ2) is 7.26. The average Bonchev–Trinajstić information content (AvgIpc) is 2.96. The minimum absolute atomic E-state index is 0.415. The summed E-state index contributed by atoms with van der Waals surface area (Å²) in [7, 11) is 0. The molecule has 1 aliphatic heterocycles. The third kappa shape index (κ3) is 3.69. The Morgan fingerprint density at radius 2 is 2.14 bits per heavy atom. The first-order valence-electron chi connectivity index (χ1n) is 8.85. The normalized spacial score (nSPS) is 24.8. The van der Waals surface area contributed by atoms with Gasteiger partial charge in [0.1, 0.15) is 0 Å². The fourth-order valence-corrected chi connectivity index (χ4v) is 5.14. The molecule has 0 bridgehead atoms. The van der Waals surface area contributed by atoms with Gasteiger partial charge in [-0.1, -0.05) is 38.7 Å². The van der Waals surface area contributed by atoms with Crippen LogP contribution in [0.15, 0.2) is 17.5 Å². The van der Waals surface area contributed by atoms with Crippen LogP contribution in [0, 0.1) is 0 Å². The summed E-state index contributed by atoms with van der Waals surface area (Å²) in [4.78, 5) is 4.38. The van der Waals surface area contributed by atoms with Crippen molar-refractivity contribution < 1.29 is 0 Å². The van der Waals surface area contributed by atoms with Crippen LogP contribution in [0.1, 0.15) is 69.2 Å². The fraction of sp³-hybridized carbons (Fsp3) is 0.778. The van der Waals surface area contributed by atoms with E-state index in [0.717, 1.165) is 0 Å². The molecule has 2 heterocycles. The van der Waals surface area contributed by atoms with E-state index in [4.69, 9.17) is 0 Å². The van der Waals surface area contributed by atoms with Crippen LogP contribution in [0.25, 0.3) is 0 Å². The fourth-order valence-electron chi connectivity index (χ4n) is 4.25. The van der Waals surface area contributed by atoms with Gasteiger partial charge >= 0.3 is 0 Å². The molecule has 2 nitrogen and oxygen atoms in total. The van der Waals surface area contributed by atoms with Gasteiger partial charge < -0.3 is 5.32 Å². The third-order valence-corrected chi connectivity index (χ3v) is 6.29. The molecule has 1 aliphatic carbocycles. The lowest BCUT2D eigenvalue weighted by molar-refractivity contribution is 0.123. The quantitative estimate of drug-likeness (QED) is 0.875. The Labute approximate surface area is 133 Å². The van der Waals surface area contributed by atoms with E-state index in [1.807, 2.05) is 11.3 Å². The van der Waals surface area contributed by atoms with Crippen LogP contribution in [0.5, 0.6) is 0 Å². The summed E-state index contributed by atoms with van der Waals surface area (Å²) in [6, 6.07) is 5.21. The first-order valence-corrected chi connectivity index (χ1v) is 9.73. The van der Waals surface area contributed by atoms with E-state index in [1.165, 1.54) is 71.0 Å². The van der Waals surface area contributed by atoms with E-state index >= 15 is 0 Å². The Bertz CT molecular complexity index is 409. The van der Waals surface area contributed by atoms with Crippen LogP contribution in [0.4, 0.5) is 0 Å². The summed E-state index contributed by atoms with van der Waals surface area (Å²) in [5.41, 5.74) is 0.415. The van der Waals surface area contributed by atoms with Crippen LogP contribution >= 0.6 is 11.3 Å². The molecule has 1 aromatic rings. The minimum Gasteiger partial charge on any atom is -0.310 e. The maximum Gasteiger partial charge on any atom is 0.0442 e. The van der Waals surface area contributed by atoms with Crippen molar-refractivity contribution in [3.8, 4) is 0 Å². The van der Waals surface area contributed by atoms with E-state index in [9.17, 15) is 0 Å². The van der Waals surface area contributed by atoms with Gasteiger partial charge in [-0.25, -0.2) is 0 Å². The van der Waals surface area contributed by atoms with Crippen LogP contribution < -0.4 is 5.32 Å². The second-order valence-electron chi connectivity index (χ2n) is 6.91. The summed E-state index contributed by atoms with van der Waals surface area (Å²) < 4.78 is 0. The van der Waals surface area contributed by atoms with Crippen molar-refractivity contribution in [2.24, 2.45) is 0 Å². The van der Waals surface area contributed by atoms with Gasteiger partial charge in [-0.3, -0.25) is 4.90 Å². The average molecular weight is 307 g/mol. The van der Waals surface area contributed by atoms with Gasteiger partial charge in [0.05, 0.1) is 0 Å². The number of nitrogens with zero attached hydrogens (tertiary/aromatic N) is 1. The molecule has 1 N–H and O–H groups in total. The number of hydrogen-bond donors (Lipinski definition) is 1. The predicted molar refractivity (Wildman–Crippen MR) is 92.0 cm³/mol. The molecule has 3 heteroatoms. The molecule has 21 heavy (non-hydrogen) atoms. The van der Waals surface area contributed by atoms with Crippen molar-refractivity contribution in [2.75, 3.05) is 19.6 Å². The Hall–Kier alpha value is -0.380. The number of hydrogen-bond acceptors (Lipinski definition) is 3. The summed E-state index contributed by atoms with van der Waals surface area (Å²) in [6.45, 7) is 6.06. The molecule has 1 saturated carbocycles. The molecule has 0 radical (unpaired) electrons. The van der Waals surface area contributed by atoms with E-state index in [-0.39, 0.29) is 0 Å². The van der Waals surface area contributed by atoms with Gasteiger partial charge in [0, 0.05) is 29.5 Å². The lowest BCUT2D eigenvalue weighted by Crippen LogP contribution is -2.53. The number of thiophene rings is 1. The van der Waals surface area contributed by atoms with Gasteiger partial charge in [-0.2, -0.15) is 0 Å². The van der Waals surface area contributed by atoms with Crippen LogP contribution in [0.3, 0.4) is 0 Å². The van der Waals surface area contributed by atoms with Crippen LogP contribution in [0.2, 0.25) is 0 Å². The second-order valence-corrected chi connectivity index (χ2v) is 7.89. The molecule has 0 aromatic carbocycles. The van der Waals surface area contributed by atoms with E-state index in [0.29, 0.717) is 11.6 Å². The highest BCUT2D eigenvalue weighted by atomic mass is 32.1. The smallest absolute Gasteiger partial charge is 0.0442 e. The zero-order valence-electron chi connectivity index (χ0n) is 13.4. The van der Waals surface area contributed by atoms with Gasteiger partial charge in [0.25, 0.3) is 0 Å². The van der Waals surface area contributed by atoms with E-state index in [1.54, 1.807) is 4.88 Å². The lowest BCUT2D eigenvalue weighted by Gasteiger charge is -2.42. The van der Waals surface area contributed by atoms with Gasteiger partial charge in [-0.15, -0.1) is 11.3 Å². The van der Waals surface area contributed by atoms with Crippen molar-refractivity contribution in [1.29, 1.82) is 0 Å². The summed E-state index contributed by atoms with van der Waals surface area (Å²) in [6.07, 6.45) is 10.9. The maximum absolute atomic E-state index is 3.93. The third-order valence-electron chi connectivity index (χ3n) is 5.31. The predicted octanol–water partition coefficient (Wildman–Crippen LogP) is 4.59. The molecule has 3 rings (SSSR count). The molecule has 1 saturated heterocycles. The highest BCUT2D eigenvalue weighted by molar-refractivity contribution is 7.10. The Morgan fingerprint density at radius 3 is 2.86 bits per heavy atom. The first-order chi connectivity index (χ1) is 10.3. The molecule has 2 fully saturated rings. The van der Waals surface area contributed by atoms with Crippen molar-refractivity contribution in [3.63, 3.8) is 0 Å². The minimum atomic E-state index is 0.415. The molecule has 1 unspecified atom stereocenters. The Kier molecular flexibility index (Phi) is 5.36. The van der Waals surface area contributed by atoms with E-state index < -0.39 is 0 Å². The van der Waals surface area contributed by atoms with Crippen LogP contribution in [-0.2, 0) is 0 Å². The SMILES string of the molecule is CCCC(c1cccs1)N1CCCNC2(CCCCC2)C1. The van der Waals surface area contributed by atoms with Crippen molar-refractivity contribution in [1.82, 2.24) is 10.2 Å². The van der Waals surface area contributed by atoms with Gasteiger partial charge in [0.2, 0.25) is 0 Å². The van der Waals surface area contributed by atoms with Crippen molar-refractivity contribution >= 4 is 11.3 Å². The molecule has 1 spiro atoms.